The maximum atomic E-state index is 10.9. The average molecular weight is 232 g/mol. The summed E-state index contributed by atoms with van der Waals surface area (Å²) in [7, 11) is 0. The number of nitrogens with two attached hydrogens (primary N) is 2. The number of nitrogens with one attached hydrogen (secondary N) is 1. The number of thiol groups is 1. The Morgan fingerprint density at radius 1 is 1.47 bits per heavy atom. The van der Waals surface area contributed by atoms with Gasteiger partial charge in [0.2, 0.25) is 0 Å². The maximum Gasteiger partial charge on any atom is 0.187 e. The predicted octanol–water partition coefficient (Wildman–Crippen LogP) is -0.137. The quantitative estimate of drug-likeness (QED) is 0.279. The second-order valence-corrected chi connectivity index (χ2v) is 4.21. The molecule has 88 valence electrons. The van der Waals surface area contributed by atoms with Gasteiger partial charge in [0, 0.05) is 25.0 Å². The largest absolute Gasteiger partial charge is 0.370 e. The van der Waals surface area contributed by atoms with E-state index in [0.717, 1.165) is 6.42 Å². The van der Waals surface area contributed by atoms with Gasteiger partial charge in [0.15, 0.2) is 11.1 Å². The van der Waals surface area contributed by atoms with Gasteiger partial charge in [-0.1, -0.05) is 13.8 Å². The Morgan fingerprint density at radius 3 is 2.47 bits per heavy atom. The maximum absolute atomic E-state index is 10.9. The number of aliphatic imine (C=N–C) groups is 1. The highest BCUT2D eigenvalue weighted by molar-refractivity contribution is 7.96. The van der Waals surface area contributed by atoms with Gasteiger partial charge >= 0.3 is 0 Å². The van der Waals surface area contributed by atoms with Crippen LogP contribution in [-0.4, -0.2) is 29.7 Å². The van der Waals surface area contributed by atoms with Crippen LogP contribution in [0.2, 0.25) is 0 Å². The fourth-order valence-corrected chi connectivity index (χ4v) is 1.50. The SMILES string of the molecule is CC(C)NC(CCN=C(N)N)CC(=O)S. The summed E-state index contributed by atoms with van der Waals surface area (Å²) >= 11 is 3.76. The van der Waals surface area contributed by atoms with E-state index in [0.29, 0.717) is 19.0 Å². The molecule has 6 heteroatoms. The lowest BCUT2D eigenvalue weighted by molar-refractivity contribution is -0.111. The average Bonchev–Trinajstić information content (AvgIpc) is 2.00. The van der Waals surface area contributed by atoms with Crippen molar-refractivity contribution in [1.29, 1.82) is 0 Å². The van der Waals surface area contributed by atoms with Gasteiger partial charge in [-0.15, -0.1) is 12.6 Å². The first-order chi connectivity index (χ1) is 6.91. The standard InChI is InChI=1S/C9H20N4OS/c1-6(2)13-7(5-8(14)15)3-4-12-9(10)11/h6-7,13H,3-5H2,1-2H3,(H,14,15)(H4,10,11,12). The second kappa shape index (κ2) is 7.53. The number of nitrogens with zero attached hydrogens (tertiary/aromatic N) is 1. The van der Waals surface area contributed by atoms with Crippen LogP contribution in [0.4, 0.5) is 0 Å². The fourth-order valence-electron chi connectivity index (χ4n) is 1.28. The molecule has 0 amide bonds. The van der Waals surface area contributed by atoms with Crippen LogP contribution < -0.4 is 16.8 Å². The Bertz CT molecular complexity index is 226. The van der Waals surface area contributed by atoms with Crippen molar-refractivity contribution in [2.75, 3.05) is 6.54 Å². The minimum atomic E-state index is -0.127. The van der Waals surface area contributed by atoms with Gasteiger partial charge in [0.1, 0.15) is 0 Å². The summed E-state index contributed by atoms with van der Waals surface area (Å²) in [5.74, 6) is 0.0792. The Kier molecular flexibility index (Phi) is 7.15. The molecular formula is C9H20N4OS. The smallest absolute Gasteiger partial charge is 0.187 e. The van der Waals surface area contributed by atoms with Gasteiger partial charge in [-0.3, -0.25) is 9.79 Å². The van der Waals surface area contributed by atoms with Crippen molar-refractivity contribution in [2.45, 2.75) is 38.8 Å². The number of carbonyl (C=O) groups is 1. The van der Waals surface area contributed by atoms with Gasteiger partial charge in [-0.2, -0.15) is 0 Å². The van der Waals surface area contributed by atoms with Crippen molar-refractivity contribution in [1.82, 2.24) is 5.32 Å². The highest BCUT2D eigenvalue weighted by atomic mass is 32.1. The number of hydrogen-bond acceptors (Lipinski definition) is 3. The first-order valence-corrected chi connectivity index (χ1v) is 5.39. The zero-order valence-electron chi connectivity index (χ0n) is 9.23. The minimum absolute atomic E-state index is 0.0792. The number of hydrogen-bond donors (Lipinski definition) is 4. The van der Waals surface area contributed by atoms with Gasteiger partial charge in [0.25, 0.3) is 0 Å². The fraction of sp³-hybridized carbons (Fsp3) is 0.778. The lowest BCUT2D eigenvalue weighted by atomic mass is 10.1. The Morgan fingerprint density at radius 2 is 2.07 bits per heavy atom. The molecule has 1 atom stereocenters. The Hall–Kier alpha value is -0.750. The van der Waals surface area contributed by atoms with Gasteiger partial charge in [-0.25, -0.2) is 0 Å². The number of guanidine groups is 1. The van der Waals surface area contributed by atoms with Gasteiger partial charge in [0.05, 0.1) is 0 Å². The molecule has 0 aliphatic carbocycles. The monoisotopic (exact) mass is 232 g/mol. The van der Waals surface area contributed by atoms with Crippen molar-refractivity contribution in [2.24, 2.45) is 16.5 Å². The number of rotatable bonds is 7. The van der Waals surface area contributed by atoms with Crippen LogP contribution in [0.5, 0.6) is 0 Å². The molecule has 0 aromatic rings. The minimum Gasteiger partial charge on any atom is -0.370 e. The summed E-state index contributed by atoms with van der Waals surface area (Å²) in [5, 5.41) is 3.14. The van der Waals surface area contributed by atoms with Crippen molar-refractivity contribution in [3.63, 3.8) is 0 Å². The molecule has 0 saturated heterocycles. The molecule has 0 saturated carbocycles. The third kappa shape index (κ3) is 9.55. The summed E-state index contributed by atoms with van der Waals surface area (Å²) in [4.78, 5) is 14.7. The normalized spacial score (nSPS) is 12.5. The molecule has 5 N–H and O–H groups in total. The molecule has 0 aliphatic heterocycles. The van der Waals surface area contributed by atoms with E-state index in [1.165, 1.54) is 0 Å². The van der Waals surface area contributed by atoms with E-state index >= 15 is 0 Å². The summed E-state index contributed by atoms with van der Waals surface area (Å²) in [6, 6.07) is 0.403. The van der Waals surface area contributed by atoms with Crippen molar-refractivity contribution in [3.05, 3.63) is 0 Å². The third-order valence-electron chi connectivity index (χ3n) is 1.76. The van der Waals surface area contributed by atoms with Gasteiger partial charge < -0.3 is 16.8 Å². The van der Waals surface area contributed by atoms with Crippen LogP contribution in [0, 0.1) is 0 Å². The second-order valence-electron chi connectivity index (χ2n) is 3.71. The van der Waals surface area contributed by atoms with E-state index < -0.39 is 0 Å². The van der Waals surface area contributed by atoms with E-state index in [4.69, 9.17) is 11.5 Å². The van der Waals surface area contributed by atoms with Crippen LogP contribution in [0.15, 0.2) is 4.99 Å². The van der Waals surface area contributed by atoms with E-state index in [1.54, 1.807) is 0 Å². The summed E-state index contributed by atoms with van der Waals surface area (Å²) in [6.07, 6.45) is 1.11. The molecule has 15 heavy (non-hydrogen) atoms. The van der Waals surface area contributed by atoms with Gasteiger partial charge in [-0.05, 0) is 6.42 Å². The molecule has 0 heterocycles. The molecular weight excluding hydrogens is 212 g/mol. The van der Waals surface area contributed by atoms with E-state index in [-0.39, 0.29) is 17.1 Å². The molecule has 0 aliphatic rings. The highest BCUT2D eigenvalue weighted by Gasteiger charge is 2.12. The molecule has 0 aromatic heterocycles. The van der Waals surface area contributed by atoms with E-state index in [9.17, 15) is 4.79 Å². The zero-order chi connectivity index (χ0) is 11.8. The zero-order valence-corrected chi connectivity index (χ0v) is 10.1. The topological polar surface area (TPSA) is 93.5 Å². The lowest BCUT2D eigenvalue weighted by Crippen LogP contribution is -2.36. The first-order valence-electron chi connectivity index (χ1n) is 4.95. The van der Waals surface area contributed by atoms with Crippen LogP contribution in [0.25, 0.3) is 0 Å². The molecule has 1 unspecified atom stereocenters. The molecule has 0 spiro atoms. The third-order valence-corrected chi connectivity index (χ3v) is 1.94. The summed E-state index contributed by atoms with van der Waals surface area (Å²) < 4.78 is 0. The van der Waals surface area contributed by atoms with E-state index in [1.807, 2.05) is 13.8 Å². The lowest BCUT2D eigenvalue weighted by Gasteiger charge is -2.19. The highest BCUT2D eigenvalue weighted by Crippen LogP contribution is 2.03. The Balaban J connectivity index is 4.00. The van der Waals surface area contributed by atoms with Crippen LogP contribution in [0.1, 0.15) is 26.7 Å². The first kappa shape index (κ1) is 14.2. The van der Waals surface area contributed by atoms with Crippen molar-refractivity contribution in [3.8, 4) is 0 Å². The molecule has 0 bridgehead atoms. The summed E-state index contributed by atoms with van der Waals surface area (Å²) in [5.41, 5.74) is 10.4. The molecule has 0 fully saturated rings. The molecule has 0 radical (unpaired) electrons. The number of carbonyl (C=O) groups excluding carboxylic acids is 1. The predicted molar refractivity (Wildman–Crippen MR) is 66.0 cm³/mol. The van der Waals surface area contributed by atoms with Crippen LogP contribution in [0.3, 0.4) is 0 Å². The van der Waals surface area contributed by atoms with Crippen molar-refractivity contribution < 1.29 is 4.79 Å². The Labute approximate surface area is 96.1 Å². The molecule has 5 nitrogen and oxygen atoms in total. The van der Waals surface area contributed by atoms with Crippen LogP contribution >= 0.6 is 12.6 Å². The summed E-state index contributed by atoms with van der Waals surface area (Å²) in [6.45, 7) is 4.57. The molecule has 0 aromatic carbocycles. The van der Waals surface area contributed by atoms with E-state index in [2.05, 4.69) is 22.9 Å². The van der Waals surface area contributed by atoms with Crippen LogP contribution in [-0.2, 0) is 4.79 Å². The van der Waals surface area contributed by atoms with Crippen molar-refractivity contribution >= 4 is 23.7 Å². The molecule has 0 rings (SSSR count).